The monoisotopic (exact) mass is 391 g/mol. The second-order valence-corrected chi connectivity index (χ2v) is 6.64. The number of para-hydroxylation sites is 1. The number of rotatable bonds is 4. The van der Waals surface area contributed by atoms with Crippen LogP contribution in [-0.4, -0.2) is 40.7 Å². The molecule has 0 fully saturated rings. The standard InChI is InChI=1S/C21H17N3O5/c1-29-14-6-4-5-13(11-14)17-12-21(24(23-17)18(25)9-10-19(26)27)15-7-2-3-8-16(15)22-20(21)28/h2-11H,12H2,1H3,(H,22,28)(H,26,27)/b10-9+/t21-/m1/s1. The molecule has 0 radical (unpaired) electrons. The number of aliphatic carboxylic acids is 1. The number of benzene rings is 2. The predicted octanol–water partition coefficient (Wildman–Crippen LogP) is 2.12. The molecule has 8 heteroatoms. The molecular formula is C21H17N3O5. The van der Waals surface area contributed by atoms with E-state index in [0.717, 1.165) is 17.2 Å². The highest BCUT2D eigenvalue weighted by molar-refractivity contribution is 6.15. The van der Waals surface area contributed by atoms with Gasteiger partial charge in [0.15, 0.2) is 5.54 Å². The number of methoxy groups -OCH3 is 1. The van der Waals surface area contributed by atoms with Crippen molar-refractivity contribution in [3.05, 3.63) is 71.8 Å². The maximum atomic E-state index is 13.1. The summed E-state index contributed by atoms with van der Waals surface area (Å²) in [6, 6.07) is 14.2. The Morgan fingerprint density at radius 2 is 2.00 bits per heavy atom. The van der Waals surface area contributed by atoms with Crippen molar-refractivity contribution in [3.8, 4) is 5.75 Å². The van der Waals surface area contributed by atoms with E-state index in [0.29, 0.717) is 28.3 Å². The lowest BCUT2D eigenvalue weighted by Crippen LogP contribution is -2.48. The van der Waals surface area contributed by atoms with Crippen LogP contribution < -0.4 is 10.1 Å². The van der Waals surface area contributed by atoms with Crippen LogP contribution in [0.4, 0.5) is 5.69 Å². The molecule has 1 spiro atoms. The number of fused-ring (bicyclic) bond motifs is 2. The Kier molecular flexibility index (Phi) is 4.38. The van der Waals surface area contributed by atoms with E-state index in [4.69, 9.17) is 9.84 Å². The molecule has 0 aliphatic carbocycles. The van der Waals surface area contributed by atoms with Gasteiger partial charge in [-0.3, -0.25) is 9.59 Å². The molecule has 2 aliphatic rings. The second-order valence-electron chi connectivity index (χ2n) is 6.64. The van der Waals surface area contributed by atoms with Gasteiger partial charge in [-0.2, -0.15) is 5.10 Å². The molecule has 2 amide bonds. The predicted molar refractivity (Wildman–Crippen MR) is 105 cm³/mol. The van der Waals surface area contributed by atoms with Gasteiger partial charge in [-0.25, -0.2) is 9.80 Å². The number of carbonyl (C=O) groups is 3. The zero-order chi connectivity index (χ0) is 20.6. The number of nitrogens with zero attached hydrogens (tertiary/aromatic N) is 2. The molecule has 1 atom stereocenters. The van der Waals surface area contributed by atoms with Gasteiger partial charge in [0.05, 0.1) is 12.8 Å². The minimum atomic E-state index is -1.38. The fraction of sp³-hybridized carbons (Fsp3) is 0.143. The molecule has 4 rings (SSSR count). The highest BCUT2D eigenvalue weighted by Crippen LogP contribution is 2.47. The topological polar surface area (TPSA) is 108 Å². The molecule has 0 aromatic heterocycles. The SMILES string of the molecule is COc1cccc(C2=NN(C(=O)/C=C/C(=O)O)[C@@]3(C2)C(=O)Nc2ccccc23)c1. The van der Waals surface area contributed by atoms with Crippen LogP contribution in [0.5, 0.6) is 5.75 Å². The second kappa shape index (κ2) is 6.90. The molecule has 2 aromatic carbocycles. The van der Waals surface area contributed by atoms with Crippen molar-refractivity contribution >= 4 is 29.2 Å². The van der Waals surface area contributed by atoms with E-state index in [1.807, 2.05) is 6.07 Å². The van der Waals surface area contributed by atoms with Crippen molar-refractivity contribution in [1.82, 2.24) is 5.01 Å². The van der Waals surface area contributed by atoms with Crippen molar-refractivity contribution in [2.75, 3.05) is 12.4 Å². The van der Waals surface area contributed by atoms with E-state index in [1.165, 1.54) is 0 Å². The number of hydrazone groups is 1. The number of carbonyl (C=O) groups excluding carboxylic acids is 2. The van der Waals surface area contributed by atoms with Crippen LogP contribution in [0.1, 0.15) is 17.5 Å². The third kappa shape index (κ3) is 2.94. The molecule has 2 heterocycles. The molecule has 0 saturated heterocycles. The third-order valence-corrected chi connectivity index (χ3v) is 4.98. The summed E-state index contributed by atoms with van der Waals surface area (Å²) in [6.07, 6.45) is 1.78. The quantitative estimate of drug-likeness (QED) is 0.776. The van der Waals surface area contributed by atoms with Crippen LogP contribution in [0.2, 0.25) is 0 Å². The molecule has 2 N–H and O–H groups in total. The molecule has 0 unspecified atom stereocenters. The lowest BCUT2D eigenvalue weighted by molar-refractivity contribution is -0.140. The minimum Gasteiger partial charge on any atom is -0.497 e. The van der Waals surface area contributed by atoms with Crippen molar-refractivity contribution in [2.24, 2.45) is 5.10 Å². The molecule has 146 valence electrons. The molecule has 2 aliphatic heterocycles. The molecule has 0 saturated carbocycles. The zero-order valence-corrected chi connectivity index (χ0v) is 15.5. The highest BCUT2D eigenvalue weighted by atomic mass is 16.5. The summed E-state index contributed by atoms with van der Waals surface area (Å²) < 4.78 is 5.26. The third-order valence-electron chi connectivity index (χ3n) is 4.98. The Bertz CT molecular complexity index is 1090. The van der Waals surface area contributed by atoms with Crippen molar-refractivity contribution < 1.29 is 24.2 Å². The van der Waals surface area contributed by atoms with Gasteiger partial charge in [0.25, 0.3) is 11.8 Å². The van der Waals surface area contributed by atoms with E-state index in [-0.39, 0.29) is 6.42 Å². The van der Waals surface area contributed by atoms with Crippen LogP contribution in [0.25, 0.3) is 0 Å². The lowest BCUT2D eigenvalue weighted by atomic mass is 9.85. The number of hydrogen-bond donors (Lipinski definition) is 2. The molecule has 29 heavy (non-hydrogen) atoms. The van der Waals surface area contributed by atoms with Gasteiger partial charge in [-0.05, 0) is 18.2 Å². The molecule has 0 bridgehead atoms. The summed E-state index contributed by atoms with van der Waals surface area (Å²) in [4.78, 5) is 36.8. The number of carboxylic acid groups (broad SMARTS) is 1. The van der Waals surface area contributed by atoms with Crippen LogP contribution >= 0.6 is 0 Å². The maximum Gasteiger partial charge on any atom is 0.328 e. The smallest absolute Gasteiger partial charge is 0.328 e. The first kappa shape index (κ1) is 18.4. The van der Waals surface area contributed by atoms with E-state index in [2.05, 4.69) is 10.4 Å². The van der Waals surface area contributed by atoms with Crippen LogP contribution in [0.15, 0.2) is 65.8 Å². The number of amides is 2. The summed E-state index contributed by atoms with van der Waals surface area (Å²) in [5.74, 6) is -1.74. The van der Waals surface area contributed by atoms with Gasteiger partial charge in [-0.1, -0.05) is 30.3 Å². The molecule has 2 aromatic rings. The number of ether oxygens (including phenoxy) is 1. The number of carboxylic acids is 1. The van der Waals surface area contributed by atoms with E-state index < -0.39 is 23.3 Å². The lowest BCUT2D eigenvalue weighted by Gasteiger charge is -2.29. The average Bonchev–Trinajstić information content (AvgIpc) is 3.26. The van der Waals surface area contributed by atoms with E-state index in [9.17, 15) is 14.4 Å². The highest BCUT2D eigenvalue weighted by Gasteiger charge is 2.57. The van der Waals surface area contributed by atoms with Gasteiger partial charge in [0, 0.05) is 35.4 Å². The number of hydrogen-bond acceptors (Lipinski definition) is 5. The summed E-state index contributed by atoms with van der Waals surface area (Å²) >= 11 is 0. The van der Waals surface area contributed by atoms with Crippen LogP contribution in [0, 0.1) is 0 Å². The Balaban J connectivity index is 1.84. The van der Waals surface area contributed by atoms with Gasteiger partial charge in [0.1, 0.15) is 5.75 Å². The first-order chi connectivity index (χ1) is 14.0. The summed E-state index contributed by atoms with van der Waals surface area (Å²) in [7, 11) is 1.55. The average molecular weight is 391 g/mol. The Morgan fingerprint density at radius 1 is 1.21 bits per heavy atom. The van der Waals surface area contributed by atoms with Gasteiger partial charge in [0.2, 0.25) is 0 Å². The fourth-order valence-corrected chi connectivity index (χ4v) is 3.66. The van der Waals surface area contributed by atoms with E-state index >= 15 is 0 Å². The van der Waals surface area contributed by atoms with Crippen molar-refractivity contribution in [3.63, 3.8) is 0 Å². The van der Waals surface area contributed by atoms with Crippen molar-refractivity contribution in [1.29, 1.82) is 0 Å². The maximum absolute atomic E-state index is 13.1. The van der Waals surface area contributed by atoms with Gasteiger partial charge >= 0.3 is 5.97 Å². The first-order valence-corrected chi connectivity index (χ1v) is 8.84. The van der Waals surface area contributed by atoms with Gasteiger partial charge in [-0.15, -0.1) is 0 Å². The zero-order valence-electron chi connectivity index (χ0n) is 15.5. The normalized spacial score (nSPS) is 20.0. The molecular weight excluding hydrogens is 374 g/mol. The van der Waals surface area contributed by atoms with Gasteiger partial charge < -0.3 is 15.2 Å². The molecule has 8 nitrogen and oxygen atoms in total. The summed E-state index contributed by atoms with van der Waals surface area (Å²) in [5, 5.41) is 17.2. The Labute approximate surface area is 166 Å². The van der Waals surface area contributed by atoms with Crippen LogP contribution in [-0.2, 0) is 19.9 Å². The van der Waals surface area contributed by atoms with Crippen LogP contribution in [0.3, 0.4) is 0 Å². The van der Waals surface area contributed by atoms with Crippen molar-refractivity contribution in [2.45, 2.75) is 12.0 Å². The Morgan fingerprint density at radius 3 is 2.76 bits per heavy atom. The largest absolute Gasteiger partial charge is 0.497 e. The van der Waals surface area contributed by atoms with E-state index in [1.54, 1.807) is 49.6 Å². The minimum absolute atomic E-state index is 0.148. The first-order valence-electron chi connectivity index (χ1n) is 8.84. The summed E-state index contributed by atoms with van der Waals surface area (Å²) in [6.45, 7) is 0. The number of nitrogens with one attached hydrogen (secondary N) is 1. The fourth-order valence-electron chi connectivity index (χ4n) is 3.66. The Hall–Kier alpha value is -3.94. The summed E-state index contributed by atoms with van der Waals surface area (Å²) in [5.41, 5.74) is 1.06. The number of anilines is 1.